The molecule has 4 nitrogen and oxygen atoms in total. The zero-order valence-corrected chi connectivity index (χ0v) is 11.8. The van der Waals surface area contributed by atoms with E-state index in [-0.39, 0.29) is 5.56 Å². The highest BCUT2D eigenvalue weighted by molar-refractivity contribution is 5.79. The predicted molar refractivity (Wildman–Crippen MR) is 72.2 cm³/mol. The Morgan fingerprint density at radius 1 is 1.29 bits per heavy atom. The molecule has 0 saturated heterocycles. The first-order valence-electron chi connectivity index (χ1n) is 6.47. The number of hydrogen-bond donors (Lipinski definition) is 3. The monoisotopic (exact) mass is 304 g/mol. The average molecular weight is 304 g/mol. The molecule has 1 rings (SSSR count). The van der Waals surface area contributed by atoms with Gasteiger partial charge in [-0.2, -0.15) is 13.2 Å². The molecule has 1 amide bonds. The first-order chi connectivity index (χ1) is 9.59. The first-order valence-corrected chi connectivity index (χ1v) is 6.47. The van der Waals surface area contributed by atoms with Crippen molar-refractivity contribution in [1.82, 2.24) is 5.32 Å². The van der Waals surface area contributed by atoms with Crippen LogP contribution in [0.3, 0.4) is 0 Å². The molecule has 4 N–H and O–H groups in total. The molecule has 0 spiro atoms. The molecule has 0 fully saturated rings. The number of nitrogens with one attached hydrogen (secondary N) is 1. The minimum absolute atomic E-state index is 0.328. The van der Waals surface area contributed by atoms with Crippen molar-refractivity contribution in [1.29, 1.82) is 0 Å². The summed E-state index contributed by atoms with van der Waals surface area (Å²) in [5.74, 6) is -1.29. The number of nitrogens with two attached hydrogens (primary N) is 1. The lowest BCUT2D eigenvalue weighted by Crippen LogP contribution is -2.52. The molecule has 0 bridgehead atoms. The van der Waals surface area contributed by atoms with E-state index in [2.05, 4.69) is 5.32 Å². The largest absolute Gasteiger partial charge is 0.423 e. The Balaban J connectivity index is 2.94. The van der Waals surface area contributed by atoms with E-state index in [0.717, 1.165) is 12.1 Å². The van der Waals surface area contributed by atoms with E-state index < -0.39 is 36.2 Å². The molecule has 21 heavy (non-hydrogen) atoms. The second kappa shape index (κ2) is 6.44. The maximum atomic E-state index is 13.2. The van der Waals surface area contributed by atoms with Gasteiger partial charge in [-0.05, 0) is 12.5 Å². The highest BCUT2D eigenvalue weighted by atomic mass is 19.4. The van der Waals surface area contributed by atoms with Crippen molar-refractivity contribution in [3.8, 4) is 0 Å². The second-order valence-corrected chi connectivity index (χ2v) is 5.09. The Morgan fingerprint density at radius 3 is 2.24 bits per heavy atom. The van der Waals surface area contributed by atoms with Gasteiger partial charge in [-0.15, -0.1) is 0 Å². The van der Waals surface area contributed by atoms with Crippen LogP contribution in [0.15, 0.2) is 30.3 Å². The van der Waals surface area contributed by atoms with Crippen LogP contribution >= 0.6 is 0 Å². The topological polar surface area (TPSA) is 75.4 Å². The van der Waals surface area contributed by atoms with E-state index in [1.807, 2.05) is 0 Å². The summed E-state index contributed by atoms with van der Waals surface area (Å²) in [6.07, 6.45) is -4.92. The number of alkyl halides is 3. The molecule has 3 unspecified atom stereocenters. The molecule has 3 atom stereocenters. The predicted octanol–water partition coefficient (Wildman–Crippen LogP) is 1.54. The summed E-state index contributed by atoms with van der Waals surface area (Å²) in [4.78, 5) is 11.7. The number of carbonyl (C=O) groups excluding carboxylic acids is 1. The van der Waals surface area contributed by atoms with Crippen LogP contribution in [0.5, 0.6) is 0 Å². The first kappa shape index (κ1) is 17.5. The molecule has 1 aromatic carbocycles. The van der Waals surface area contributed by atoms with E-state index in [4.69, 9.17) is 5.73 Å². The van der Waals surface area contributed by atoms with E-state index in [9.17, 15) is 23.1 Å². The Hall–Kier alpha value is -1.60. The van der Waals surface area contributed by atoms with Gasteiger partial charge in [-0.1, -0.05) is 37.3 Å². The summed E-state index contributed by atoms with van der Waals surface area (Å²) in [6, 6.07) is 6.14. The van der Waals surface area contributed by atoms with Crippen molar-refractivity contribution in [2.45, 2.75) is 31.7 Å². The van der Waals surface area contributed by atoms with Crippen molar-refractivity contribution < 1.29 is 23.1 Å². The number of rotatable bonds is 5. The molecule has 0 aromatic heterocycles. The molecule has 0 aliphatic heterocycles. The third-order valence-electron chi connectivity index (χ3n) is 3.44. The van der Waals surface area contributed by atoms with Crippen molar-refractivity contribution in [3.63, 3.8) is 0 Å². The molecule has 118 valence electrons. The van der Waals surface area contributed by atoms with Gasteiger partial charge < -0.3 is 16.2 Å². The standard InChI is InChI=1S/C14H19F3N2O2/c1-9(10(2)18)12(20)19-8-13(21,14(15,16)17)11-6-4-3-5-7-11/h3-7,9-10,21H,8,18H2,1-2H3,(H,19,20). The molecular weight excluding hydrogens is 285 g/mol. The van der Waals surface area contributed by atoms with Crippen LogP contribution in [0, 0.1) is 5.92 Å². The Morgan fingerprint density at radius 2 is 1.81 bits per heavy atom. The third kappa shape index (κ3) is 3.95. The van der Waals surface area contributed by atoms with E-state index in [0.29, 0.717) is 0 Å². The van der Waals surface area contributed by atoms with Crippen LogP contribution in [0.4, 0.5) is 13.2 Å². The Kier molecular flexibility index (Phi) is 5.36. The Bertz CT molecular complexity index is 477. The molecular formula is C14H19F3N2O2. The van der Waals surface area contributed by atoms with Crippen LogP contribution in [0.2, 0.25) is 0 Å². The van der Waals surface area contributed by atoms with Gasteiger partial charge in [-0.25, -0.2) is 0 Å². The summed E-state index contributed by atoms with van der Waals surface area (Å²) >= 11 is 0. The van der Waals surface area contributed by atoms with Crippen LogP contribution in [0.25, 0.3) is 0 Å². The third-order valence-corrected chi connectivity index (χ3v) is 3.44. The van der Waals surface area contributed by atoms with Gasteiger partial charge >= 0.3 is 6.18 Å². The molecule has 0 aliphatic carbocycles. The van der Waals surface area contributed by atoms with Crippen molar-refractivity contribution in [3.05, 3.63) is 35.9 Å². The van der Waals surface area contributed by atoms with E-state index >= 15 is 0 Å². The SMILES string of the molecule is CC(N)C(C)C(=O)NCC(O)(c1ccccc1)C(F)(F)F. The Labute approximate surface area is 121 Å². The van der Waals surface area contributed by atoms with Crippen LogP contribution in [0.1, 0.15) is 19.4 Å². The lowest BCUT2D eigenvalue weighted by atomic mass is 9.92. The lowest BCUT2D eigenvalue weighted by molar-refractivity contribution is -0.264. The number of aliphatic hydroxyl groups is 1. The van der Waals surface area contributed by atoms with Crippen molar-refractivity contribution in [2.24, 2.45) is 11.7 Å². The fraction of sp³-hybridized carbons (Fsp3) is 0.500. The molecule has 1 aromatic rings. The number of carbonyl (C=O) groups is 1. The molecule has 0 radical (unpaired) electrons. The normalized spacial score (nSPS) is 17.7. The summed E-state index contributed by atoms with van der Waals surface area (Å²) in [7, 11) is 0. The van der Waals surface area contributed by atoms with Gasteiger partial charge in [0.15, 0.2) is 0 Å². The maximum Gasteiger partial charge on any atom is 0.423 e. The van der Waals surface area contributed by atoms with Gasteiger partial charge in [0.2, 0.25) is 11.5 Å². The fourth-order valence-electron chi connectivity index (χ4n) is 1.69. The van der Waals surface area contributed by atoms with E-state index in [1.165, 1.54) is 25.1 Å². The summed E-state index contributed by atoms with van der Waals surface area (Å²) in [6.45, 7) is 2.13. The van der Waals surface area contributed by atoms with Gasteiger partial charge in [-0.3, -0.25) is 4.79 Å². The second-order valence-electron chi connectivity index (χ2n) is 5.09. The summed E-state index contributed by atoms with van der Waals surface area (Å²) in [5, 5.41) is 12.1. The number of halogens is 3. The van der Waals surface area contributed by atoms with Crippen LogP contribution in [-0.4, -0.2) is 29.8 Å². The number of benzene rings is 1. The summed E-state index contributed by atoms with van der Waals surface area (Å²) < 4.78 is 39.5. The maximum absolute atomic E-state index is 13.2. The molecule has 7 heteroatoms. The number of hydrogen-bond acceptors (Lipinski definition) is 3. The number of amides is 1. The lowest BCUT2D eigenvalue weighted by Gasteiger charge is -2.31. The molecule has 0 heterocycles. The fourth-order valence-corrected chi connectivity index (χ4v) is 1.69. The zero-order valence-electron chi connectivity index (χ0n) is 11.8. The van der Waals surface area contributed by atoms with Gasteiger partial charge in [0, 0.05) is 12.0 Å². The molecule has 0 saturated carbocycles. The zero-order chi connectivity index (χ0) is 16.3. The van der Waals surface area contributed by atoms with Crippen molar-refractivity contribution >= 4 is 5.91 Å². The van der Waals surface area contributed by atoms with Gasteiger partial charge in [0.25, 0.3) is 0 Å². The molecule has 0 aliphatic rings. The van der Waals surface area contributed by atoms with Crippen LogP contribution in [-0.2, 0) is 10.4 Å². The minimum atomic E-state index is -4.92. The van der Waals surface area contributed by atoms with Crippen molar-refractivity contribution in [2.75, 3.05) is 6.54 Å². The minimum Gasteiger partial charge on any atom is -0.375 e. The smallest absolute Gasteiger partial charge is 0.375 e. The quantitative estimate of drug-likeness (QED) is 0.772. The summed E-state index contributed by atoms with van der Waals surface area (Å²) in [5.41, 5.74) is 2.06. The van der Waals surface area contributed by atoms with Gasteiger partial charge in [0.1, 0.15) is 0 Å². The van der Waals surface area contributed by atoms with E-state index in [1.54, 1.807) is 6.92 Å². The van der Waals surface area contributed by atoms with Gasteiger partial charge in [0.05, 0.1) is 6.54 Å². The van der Waals surface area contributed by atoms with Crippen LogP contribution < -0.4 is 11.1 Å². The average Bonchev–Trinajstić information content (AvgIpc) is 2.43. The highest BCUT2D eigenvalue weighted by Crippen LogP contribution is 2.38. The highest BCUT2D eigenvalue weighted by Gasteiger charge is 2.55.